The number of anilines is 1. The Bertz CT molecular complexity index is 1120. The second kappa shape index (κ2) is 9.70. The van der Waals surface area contributed by atoms with E-state index in [2.05, 4.69) is 43.5 Å². The van der Waals surface area contributed by atoms with Crippen LogP contribution in [0.1, 0.15) is 12.5 Å². The summed E-state index contributed by atoms with van der Waals surface area (Å²) >= 11 is 11.5. The molecule has 1 saturated heterocycles. The minimum absolute atomic E-state index is 0.151. The summed E-state index contributed by atoms with van der Waals surface area (Å²) in [5, 5.41) is 4.54. The number of hydrogen-bond acceptors (Lipinski definition) is 6. The lowest BCUT2D eigenvalue weighted by molar-refractivity contribution is 0.233. The number of rotatable bonds is 6. The molecule has 0 spiro atoms. The monoisotopic (exact) mass is 507 g/mol. The molecule has 0 radical (unpaired) electrons. The largest absolute Gasteiger partial charge is 0.314 e. The van der Waals surface area contributed by atoms with E-state index in [0.29, 0.717) is 15.9 Å². The number of fused-ring (bicyclic) bond motifs is 1. The first-order chi connectivity index (χ1) is 14.5. The molecule has 2 heterocycles. The van der Waals surface area contributed by atoms with Gasteiger partial charge in [-0.3, -0.25) is 15.1 Å². The number of nitrogens with one attached hydrogen (secondary N) is 2. The van der Waals surface area contributed by atoms with Crippen molar-refractivity contribution in [3.8, 4) is 0 Å². The molecule has 1 aromatic heterocycles. The van der Waals surface area contributed by atoms with E-state index >= 15 is 0 Å². The van der Waals surface area contributed by atoms with E-state index in [4.69, 9.17) is 11.6 Å². The van der Waals surface area contributed by atoms with E-state index in [-0.39, 0.29) is 5.56 Å². The molecule has 0 bridgehead atoms. The fraction of sp³-hybridized carbons (Fsp3) is 0.333. The van der Waals surface area contributed by atoms with Crippen LogP contribution in [0.4, 0.5) is 5.69 Å². The van der Waals surface area contributed by atoms with Crippen molar-refractivity contribution in [3.05, 3.63) is 62.1 Å². The number of thioether (sulfide) groups is 1. The molecular formula is C21H23BrClN5OS. The van der Waals surface area contributed by atoms with Gasteiger partial charge in [-0.1, -0.05) is 34.5 Å². The fourth-order valence-corrected chi connectivity index (χ4v) is 4.87. The highest BCUT2D eigenvalue weighted by Crippen LogP contribution is 2.30. The molecule has 1 aliphatic rings. The summed E-state index contributed by atoms with van der Waals surface area (Å²) in [5.41, 5.74) is 5.63. The average molecular weight is 509 g/mol. The lowest BCUT2D eigenvalue weighted by Gasteiger charge is -2.27. The molecular weight excluding hydrogens is 486 g/mol. The maximum absolute atomic E-state index is 13.1. The summed E-state index contributed by atoms with van der Waals surface area (Å²) in [7, 11) is 0. The first-order valence-electron chi connectivity index (χ1n) is 9.87. The van der Waals surface area contributed by atoms with Crippen LogP contribution in [0.25, 0.3) is 10.9 Å². The lowest BCUT2D eigenvalue weighted by Crippen LogP contribution is -2.42. The van der Waals surface area contributed by atoms with Crippen LogP contribution in [-0.2, 0) is 6.54 Å². The molecule has 1 fully saturated rings. The van der Waals surface area contributed by atoms with Crippen molar-refractivity contribution >= 4 is 55.9 Å². The SMILES string of the molecule is CCSc1ccc(Cl)cc1Nn1cnc2cc(CN3CCNCC3)c(Br)cc2c1=O. The molecule has 0 saturated carbocycles. The summed E-state index contributed by atoms with van der Waals surface area (Å²) < 4.78 is 2.34. The number of aromatic nitrogens is 2. The summed E-state index contributed by atoms with van der Waals surface area (Å²) in [4.78, 5) is 21.1. The van der Waals surface area contributed by atoms with E-state index in [0.717, 1.165) is 59.1 Å². The van der Waals surface area contributed by atoms with Crippen LogP contribution in [0.2, 0.25) is 5.02 Å². The second-order valence-electron chi connectivity index (χ2n) is 7.09. The van der Waals surface area contributed by atoms with Gasteiger partial charge in [0, 0.05) is 47.1 Å². The minimum atomic E-state index is -0.151. The smallest absolute Gasteiger partial charge is 0.280 e. The Hall–Kier alpha value is -1.58. The Labute approximate surface area is 193 Å². The van der Waals surface area contributed by atoms with E-state index in [1.54, 1.807) is 11.8 Å². The Morgan fingerprint density at radius 2 is 2.07 bits per heavy atom. The predicted octanol–water partition coefficient (Wildman–Crippen LogP) is 4.20. The van der Waals surface area contributed by atoms with Crippen molar-refractivity contribution in [1.82, 2.24) is 19.9 Å². The maximum atomic E-state index is 13.1. The van der Waals surface area contributed by atoms with Crippen molar-refractivity contribution < 1.29 is 0 Å². The van der Waals surface area contributed by atoms with Crippen molar-refractivity contribution in [2.75, 3.05) is 37.4 Å². The highest BCUT2D eigenvalue weighted by Gasteiger charge is 2.14. The highest BCUT2D eigenvalue weighted by molar-refractivity contribution is 9.10. The van der Waals surface area contributed by atoms with E-state index in [1.165, 1.54) is 11.0 Å². The first-order valence-corrected chi connectivity index (χ1v) is 12.0. The van der Waals surface area contributed by atoms with Gasteiger partial charge in [0.1, 0.15) is 6.33 Å². The maximum Gasteiger partial charge on any atom is 0.280 e. The van der Waals surface area contributed by atoms with Crippen LogP contribution in [0.5, 0.6) is 0 Å². The normalized spacial score (nSPS) is 14.9. The molecule has 9 heteroatoms. The molecule has 1 aliphatic heterocycles. The van der Waals surface area contributed by atoms with Gasteiger partial charge < -0.3 is 5.32 Å². The van der Waals surface area contributed by atoms with Gasteiger partial charge in [0.05, 0.1) is 16.6 Å². The molecule has 4 rings (SSSR count). The topological polar surface area (TPSA) is 62.2 Å². The zero-order chi connectivity index (χ0) is 21.1. The lowest BCUT2D eigenvalue weighted by atomic mass is 10.1. The Morgan fingerprint density at radius 1 is 1.27 bits per heavy atom. The van der Waals surface area contributed by atoms with E-state index in [1.807, 2.05) is 30.3 Å². The number of hydrogen-bond donors (Lipinski definition) is 2. The molecule has 3 aromatic rings. The van der Waals surface area contributed by atoms with Crippen LogP contribution in [0.15, 0.2) is 50.8 Å². The van der Waals surface area contributed by atoms with Gasteiger partial charge >= 0.3 is 0 Å². The van der Waals surface area contributed by atoms with Gasteiger partial charge in [-0.25, -0.2) is 9.66 Å². The first kappa shape index (κ1) is 21.6. The highest BCUT2D eigenvalue weighted by atomic mass is 79.9. The van der Waals surface area contributed by atoms with Gasteiger partial charge in [-0.2, -0.15) is 0 Å². The minimum Gasteiger partial charge on any atom is -0.314 e. The number of halogens is 2. The van der Waals surface area contributed by atoms with Crippen LogP contribution in [0.3, 0.4) is 0 Å². The van der Waals surface area contributed by atoms with Crippen LogP contribution >= 0.6 is 39.3 Å². The third kappa shape index (κ3) is 4.84. The van der Waals surface area contributed by atoms with Crippen LogP contribution in [-0.4, -0.2) is 46.5 Å². The molecule has 0 atom stereocenters. The quantitative estimate of drug-likeness (QED) is 0.487. The van der Waals surface area contributed by atoms with Crippen molar-refractivity contribution in [1.29, 1.82) is 0 Å². The third-order valence-corrected chi connectivity index (χ3v) is 6.94. The van der Waals surface area contributed by atoms with E-state index in [9.17, 15) is 4.79 Å². The zero-order valence-corrected chi connectivity index (χ0v) is 19.8. The van der Waals surface area contributed by atoms with E-state index < -0.39 is 0 Å². The van der Waals surface area contributed by atoms with Gasteiger partial charge in [-0.15, -0.1) is 11.8 Å². The van der Waals surface area contributed by atoms with Crippen molar-refractivity contribution in [2.24, 2.45) is 0 Å². The molecule has 6 nitrogen and oxygen atoms in total. The Balaban J connectivity index is 1.65. The van der Waals surface area contributed by atoms with Gasteiger partial charge in [0.2, 0.25) is 0 Å². The molecule has 0 amide bonds. The predicted molar refractivity (Wildman–Crippen MR) is 129 cm³/mol. The third-order valence-electron chi connectivity index (χ3n) is 5.01. The Kier molecular flexibility index (Phi) is 7.00. The average Bonchev–Trinajstić information content (AvgIpc) is 2.74. The zero-order valence-electron chi connectivity index (χ0n) is 16.6. The molecule has 158 valence electrons. The van der Waals surface area contributed by atoms with Gasteiger partial charge in [0.15, 0.2) is 0 Å². The summed E-state index contributed by atoms with van der Waals surface area (Å²) in [6.07, 6.45) is 1.54. The van der Waals surface area contributed by atoms with Gasteiger partial charge in [0.25, 0.3) is 5.56 Å². The second-order valence-corrected chi connectivity index (χ2v) is 9.69. The Morgan fingerprint density at radius 3 is 2.83 bits per heavy atom. The number of nitrogens with zero attached hydrogens (tertiary/aromatic N) is 3. The van der Waals surface area contributed by atoms with Crippen LogP contribution in [0, 0.1) is 0 Å². The van der Waals surface area contributed by atoms with Crippen LogP contribution < -0.4 is 16.3 Å². The molecule has 0 aliphatic carbocycles. The molecule has 0 unspecified atom stereocenters. The molecule has 2 N–H and O–H groups in total. The summed E-state index contributed by atoms with van der Waals surface area (Å²) in [6, 6.07) is 9.51. The number of piperazine rings is 1. The van der Waals surface area contributed by atoms with Crippen molar-refractivity contribution in [3.63, 3.8) is 0 Å². The number of benzene rings is 2. The van der Waals surface area contributed by atoms with Gasteiger partial charge in [-0.05, 0) is 41.6 Å². The fourth-order valence-electron chi connectivity index (χ4n) is 3.50. The molecule has 2 aromatic carbocycles. The molecule has 30 heavy (non-hydrogen) atoms. The summed E-state index contributed by atoms with van der Waals surface area (Å²) in [5.74, 6) is 0.921. The summed E-state index contributed by atoms with van der Waals surface area (Å²) in [6.45, 7) is 6.95. The standard InChI is InChI=1S/C21H23BrClN5OS/c1-2-30-20-4-3-15(23)10-19(20)26-28-13-25-18-9-14(12-27-7-5-24-6-8-27)17(22)11-16(18)21(28)29/h3-4,9-11,13,24,26H,2,5-8,12H2,1H3. The van der Waals surface area contributed by atoms with Crippen molar-refractivity contribution in [2.45, 2.75) is 18.4 Å².